The summed E-state index contributed by atoms with van der Waals surface area (Å²) in [5.74, 6) is 0. The lowest BCUT2D eigenvalue weighted by Gasteiger charge is -2.35. The summed E-state index contributed by atoms with van der Waals surface area (Å²) in [4.78, 5) is 2.41. The topological polar surface area (TPSA) is 29.3 Å². The third-order valence-electron chi connectivity index (χ3n) is 2.83. The summed E-state index contributed by atoms with van der Waals surface area (Å²) in [6.45, 7) is 2.63. The van der Waals surface area contributed by atoms with Gasteiger partial charge in [0, 0.05) is 12.6 Å². The molecule has 1 unspecified atom stereocenters. The maximum Gasteiger partial charge on any atom is 0.0906 e. The van der Waals surface area contributed by atoms with Crippen molar-refractivity contribution in [1.29, 1.82) is 0 Å². The zero-order chi connectivity index (χ0) is 9.52. The quantitative estimate of drug-likeness (QED) is 0.709. The van der Waals surface area contributed by atoms with Crippen LogP contribution < -0.4 is 5.73 Å². The molecule has 0 bridgehead atoms. The molecule has 3 heteroatoms. The summed E-state index contributed by atoms with van der Waals surface area (Å²) in [6, 6.07) is 0.630. The number of piperidine rings is 1. The average molecular weight is 188 g/mol. The van der Waals surface area contributed by atoms with Crippen LogP contribution in [0.1, 0.15) is 32.1 Å². The van der Waals surface area contributed by atoms with Crippen molar-refractivity contribution in [2.24, 2.45) is 5.73 Å². The van der Waals surface area contributed by atoms with E-state index in [0.717, 1.165) is 26.1 Å². The predicted octanol–water partition coefficient (Wildman–Crippen LogP) is 1.55. The Labute approximate surface area is 80.3 Å². The molecule has 2 N–H and O–H groups in total. The van der Waals surface area contributed by atoms with Crippen molar-refractivity contribution in [1.82, 2.24) is 4.90 Å². The molecule has 0 radical (unpaired) electrons. The van der Waals surface area contributed by atoms with Gasteiger partial charge in [0.15, 0.2) is 0 Å². The molecule has 13 heavy (non-hydrogen) atoms. The second-order valence-corrected chi connectivity index (χ2v) is 3.81. The fourth-order valence-corrected chi connectivity index (χ4v) is 2.14. The van der Waals surface area contributed by atoms with Crippen molar-refractivity contribution < 1.29 is 4.39 Å². The number of nitrogens with two attached hydrogens (primary N) is 1. The first-order valence-corrected chi connectivity index (χ1v) is 5.38. The number of halogens is 1. The fraction of sp³-hybridized carbons (Fsp3) is 1.00. The standard InChI is InChI=1S/C10H21FN2/c11-6-3-9-13-8-2-1-4-10(13)5-7-12/h10H,1-9,12H2. The fourth-order valence-electron chi connectivity index (χ4n) is 2.14. The third-order valence-corrected chi connectivity index (χ3v) is 2.83. The molecule has 0 aromatic heterocycles. The zero-order valence-electron chi connectivity index (χ0n) is 8.34. The second kappa shape index (κ2) is 6.33. The van der Waals surface area contributed by atoms with Gasteiger partial charge in [0.05, 0.1) is 6.67 Å². The number of hydrogen-bond acceptors (Lipinski definition) is 2. The van der Waals surface area contributed by atoms with Crippen molar-refractivity contribution in [3.63, 3.8) is 0 Å². The minimum Gasteiger partial charge on any atom is -0.330 e. The van der Waals surface area contributed by atoms with E-state index in [4.69, 9.17) is 5.73 Å². The van der Waals surface area contributed by atoms with Gasteiger partial charge in [-0.3, -0.25) is 4.39 Å². The first-order valence-electron chi connectivity index (χ1n) is 5.38. The van der Waals surface area contributed by atoms with E-state index in [1.165, 1.54) is 19.3 Å². The number of hydrogen-bond donors (Lipinski definition) is 1. The maximum absolute atomic E-state index is 12.0. The van der Waals surface area contributed by atoms with Crippen LogP contribution in [0, 0.1) is 0 Å². The van der Waals surface area contributed by atoms with Crippen molar-refractivity contribution >= 4 is 0 Å². The Morgan fingerprint density at radius 1 is 1.38 bits per heavy atom. The first kappa shape index (κ1) is 10.9. The zero-order valence-corrected chi connectivity index (χ0v) is 8.34. The molecule has 1 saturated heterocycles. The molecular formula is C10H21FN2. The van der Waals surface area contributed by atoms with Crippen LogP contribution in [-0.4, -0.2) is 37.3 Å². The highest BCUT2D eigenvalue weighted by Gasteiger charge is 2.20. The van der Waals surface area contributed by atoms with Crippen molar-refractivity contribution in [3.8, 4) is 0 Å². The third kappa shape index (κ3) is 3.61. The summed E-state index contributed by atoms with van der Waals surface area (Å²) in [5, 5.41) is 0. The van der Waals surface area contributed by atoms with Crippen LogP contribution in [0.2, 0.25) is 0 Å². The molecule has 2 nitrogen and oxygen atoms in total. The number of likely N-dealkylation sites (tertiary alicyclic amines) is 1. The van der Waals surface area contributed by atoms with Crippen LogP contribution in [0.25, 0.3) is 0 Å². The Morgan fingerprint density at radius 3 is 2.92 bits per heavy atom. The minimum atomic E-state index is -0.189. The van der Waals surface area contributed by atoms with E-state index in [0.29, 0.717) is 12.5 Å². The van der Waals surface area contributed by atoms with Crippen molar-refractivity contribution in [3.05, 3.63) is 0 Å². The summed E-state index contributed by atoms with van der Waals surface area (Å²) < 4.78 is 12.0. The van der Waals surface area contributed by atoms with Gasteiger partial charge in [0.2, 0.25) is 0 Å². The molecule has 1 aliphatic heterocycles. The molecule has 1 atom stereocenters. The Balaban J connectivity index is 2.28. The van der Waals surface area contributed by atoms with Crippen LogP contribution in [0.15, 0.2) is 0 Å². The van der Waals surface area contributed by atoms with Gasteiger partial charge in [-0.05, 0) is 38.8 Å². The molecule has 1 aliphatic rings. The van der Waals surface area contributed by atoms with Gasteiger partial charge in [-0.1, -0.05) is 6.42 Å². The van der Waals surface area contributed by atoms with Crippen LogP contribution in [0.4, 0.5) is 4.39 Å². The van der Waals surface area contributed by atoms with Gasteiger partial charge in [0.25, 0.3) is 0 Å². The summed E-state index contributed by atoms with van der Waals surface area (Å²) in [7, 11) is 0. The van der Waals surface area contributed by atoms with Gasteiger partial charge < -0.3 is 10.6 Å². The number of nitrogens with zero attached hydrogens (tertiary/aromatic N) is 1. The molecule has 0 saturated carbocycles. The van der Waals surface area contributed by atoms with E-state index < -0.39 is 0 Å². The first-order chi connectivity index (χ1) is 6.38. The molecule has 0 aliphatic carbocycles. The maximum atomic E-state index is 12.0. The van der Waals surface area contributed by atoms with E-state index in [1.54, 1.807) is 0 Å². The lowest BCUT2D eigenvalue weighted by molar-refractivity contribution is 0.137. The molecule has 0 aromatic carbocycles. The van der Waals surface area contributed by atoms with Gasteiger partial charge in [-0.25, -0.2) is 0 Å². The number of alkyl halides is 1. The van der Waals surface area contributed by atoms with Crippen LogP contribution in [-0.2, 0) is 0 Å². The van der Waals surface area contributed by atoms with E-state index in [1.807, 2.05) is 0 Å². The van der Waals surface area contributed by atoms with Crippen LogP contribution in [0.5, 0.6) is 0 Å². The Morgan fingerprint density at radius 2 is 2.23 bits per heavy atom. The molecule has 0 aromatic rings. The molecule has 1 rings (SSSR count). The molecule has 1 fully saturated rings. The Kier molecular flexibility index (Phi) is 5.32. The summed E-state index contributed by atoms with van der Waals surface area (Å²) in [6.07, 6.45) is 5.60. The largest absolute Gasteiger partial charge is 0.330 e. The monoisotopic (exact) mass is 188 g/mol. The Bertz CT molecular complexity index is 128. The highest BCUT2D eigenvalue weighted by molar-refractivity contribution is 4.76. The highest BCUT2D eigenvalue weighted by Crippen LogP contribution is 2.19. The molecule has 1 heterocycles. The predicted molar refractivity (Wildman–Crippen MR) is 53.5 cm³/mol. The van der Waals surface area contributed by atoms with Gasteiger partial charge >= 0.3 is 0 Å². The highest BCUT2D eigenvalue weighted by atomic mass is 19.1. The molecule has 78 valence electrons. The van der Waals surface area contributed by atoms with Crippen LogP contribution >= 0.6 is 0 Å². The second-order valence-electron chi connectivity index (χ2n) is 3.81. The normalized spacial score (nSPS) is 24.9. The minimum absolute atomic E-state index is 0.189. The van der Waals surface area contributed by atoms with E-state index in [9.17, 15) is 4.39 Å². The van der Waals surface area contributed by atoms with Crippen LogP contribution in [0.3, 0.4) is 0 Å². The molecule has 0 amide bonds. The smallest absolute Gasteiger partial charge is 0.0906 e. The summed E-state index contributed by atoms with van der Waals surface area (Å²) in [5.41, 5.74) is 5.55. The molecule has 0 spiro atoms. The van der Waals surface area contributed by atoms with Gasteiger partial charge in [-0.15, -0.1) is 0 Å². The van der Waals surface area contributed by atoms with E-state index in [2.05, 4.69) is 4.90 Å². The van der Waals surface area contributed by atoms with Crippen molar-refractivity contribution in [2.45, 2.75) is 38.1 Å². The average Bonchev–Trinajstić information content (AvgIpc) is 2.17. The number of rotatable bonds is 5. The lowest BCUT2D eigenvalue weighted by atomic mass is 9.99. The van der Waals surface area contributed by atoms with E-state index in [-0.39, 0.29) is 6.67 Å². The SMILES string of the molecule is NCCC1CCCCN1CCCF. The van der Waals surface area contributed by atoms with Gasteiger partial charge in [0.1, 0.15) is 0 Å². The lowest BCUT2D eigenvalue weighted by Crippen LogP contribution is -2.41. The van der Waals surface area contributed by atoms with E-state index >= 15 is 0 Å². The summed E-state index contributed by atoms with van der Waals surface area (Å²) >= 11 is 0. The van der Waals surface area contributed by atoms with Crippen molar-refractivity contribution in [2.75, 3.05) is 26.3 Å². The Hall–Kier alpha value is -0.150. The molecular weight excluding hydrogens is 167 g/mol. The van der Waals surface area contributed by atoms with Gasteiger partial charge in [-0.2, -0.15) is 0 Å².